The van der Waals surface area contributed by atoms with Crippen molar-refractivity contribution < 1.29 is 9.21 Å². The number of hydrogen-bond donors (Lipinski definition) is 0. The molecule has 1 amide bonds. The predicted octanol–water partition coefficient (Wildman–Crippen LogP) is 5.23. The van der Waals surface area contributed by atoms with E-state index in [4.69, 9.17) is 4.42 Å². The van der Waals surface area contributed by atoms with Crippen LogP contribution in [0.15, 0.2) is 59.0 Å². The highest BCUT2D eigenvalue weighted by Crippen LogP contribution is 2.36. The largest absolute Gasteiger partial charge is 0.423 e. The molecular formula is C26H31N3O2. The standard InChI is InChI=1S/C26H31N3O2/c1-2-21(19-9-4-3-5-10-19)23-12-8-16-29(23)25(30)20-14-17-28(18-15-20)26-27-22-11-6-7-13-24(22)31-26/h3-7,9-11,13,20-21,23H,2,8,12,14-18H2,1H3/t21-,23+/m0/s1. The molecule has 0 spiro atoms. The van der Waals surface area contributed by atoms with Gasteiger partial charge in [-0.15, -0.1) is 0 Å². The molecule has 2 aliphatic rings. The lowest BCUT2D eigenvalue weighted by Gasteiger charge is -2.36. The van der Waals surface area contributed by atoms with E-state index in [1.807, 2.05) is 24.3 Å². The molecule has 5 heteroatoms. The Morgan fingerprint density at radius 1 is 1.03 bits per heavy atom. The molecule has 0 unspecified atom stereocenters. The minimum Gasteiger partial charge on any atom is -0.423 e. The van der Waals surface area contributed by atoms with E-state index in [0.717, 1.165) is 62.8 Å². The lowest BCUT2D eigenvalue weighted by atomic mass is 9.86. The van der Waals surface area contributed by atoms with E-state index in [1.165, 1.54) is 5.56 Å². The van der Waals surface area contributed by atoms with E-state index < -0.39 is 0 Å². The van der Waals surface area contributed by atoms with Gasteiger partial charge < -0.3 is 14.2 Å². The molecule has 2 aliphatic heterocycles. The number of oxazole rings is 1. The first kappa shape index (κ1) is 20.1. The van der Waals surface area contributed by atoms with Crippen molar-refractivity contribution in [3.63, 3.8) is 0 Å². The van der Waals surface area contributed by atoms with Crippen LogP contribution in [0, 0.1) is 5.92 Å². The van der Waals surface area contributed by atoms with Crippen LogP contribution in [0.1, 0.15) is 50.5 Å². The number of likely N-dealkylation sites (tertiary alicyclic amines) is 1. The van der Waals surface area contributed by atoms with Crippen LogP contribution in [0.2, 0.25) is 0 Å². The molecule has 2 atom stereocenters. The van der Waals surface area contributed by atoms with Gasteiger partial charge in [-0.2, -0.15) is 4.98 Å². The Kier molecular flexibility index (Phi) is 5.66. The smallest absolute Gasteiger partial charge is 0.298 e. The van der Waals surface area contributed by atoms with E-state index >= 15 is 0 Å². The summed E-state index contributed by atoms with van der Waals surface area (Å²) in [4.78, 5) is 22.5. The number of benzene rings is 2. The fourth-order valence-corrected chi connectivity index (χ4v) is 5.46. The van der Waals surface area contributed by atoms with Crippen molar-refractivity contribution in [1.82, 2.24) is 9.88 Å². The summed E-state index contributed by atoms with van der Waals surface area (Å²) in [6, 6.07) is 19.6. The number of hydrogen-bond acceptors (Lipinski definition) is 4. The summed E-state index contributed by atoms with van der Waals surface area (Å²) in [6.45, 7) is 4.78. The summed E-state index contributed by atoms with van der Waals surface area (Å²) < 4.78 is 5.93. The Bertz CT molecular complexity index is 990. The second-order valence-corrected chi connectivity index (χ2v) is 8.89. The van der Waals surface area contributed by atoms with Gasteiger partial charge in [0.15, 0.2) is 5.58 Å². The van der Waals surface area contributed by atoms with Crippen molar-refractivity contribution in [2.45, 2.75) is 51.0 Å². The molecule has 2 aromatic carbocycles. The zero-order valence-electron chi connectivity index (χ0n) is 18.2. The maximum absolute atomic E-state index is 13.5. The third-order valence-electron chi connectivity index (χ3n) is 7.11. The second kappa shape index (κ2) is 8.74. The minimum atomic E-state index is 0.106. The molecule has 5 nitrogen and oxygen atoms in total. The average Bonchev–Trinajstić information content (AvgIpc) is 3.47. The highest BCUT2D eigenvalue weighted by molar-refractivity contribution is 5.80. The zero-order chi connectivity index (χ0) is 21.2. The quantitative estimate of drug-likeness (QED) is 0.570. The summed E-state index contributed by atoms with van der Waals surface area (Å²) in [5.41, 5.74) is 3.07. The monoisotopic (exact) mass is 417 g/mol. The number of carbonyl (C=O) groups excluding carboxylic acids is 1. The van der Waals surface area contributed by atoms with Crippen molar-refractivity contribution >= 4 is 23.0 Å². The van der Waals surface area contributed by atoms with Crippen LogP contribution < -0.4 is 4.90 Å². The zero-order valence-corrected chi connectivity index (χ0v) is 18.2. The number of fused-ring (bicyclic) bond motifs is 1. The van der Waals surface area contributed by atoms with Crippen LogP contribution in [-0.4, -0.2) is 41.5 Å². The topological polar surface area (TPSA) is 49.6 Å². The molecule has 0 bridgehead atoms. The van der Waals surface area contributed by atoms with Gasteiger partial charge in [-0.05, 0) is 49.8 Å². The van der Waals surface area contributed by atoms with Crippen LogP contribution in [0.5, 0.6) is 0 Å². The van der Waals surface area contributed by atoms with E-state index in [2.05, 4.69) is 52.0 Å². The number of amides is 1. The van der Waals surface area contributed by atoms with Crippen LogP contribution in [0.4, 0.5) is 6.01 Å². The van der Waals surface area contributed by atoms with E-state index in [1.54, 1.807) is 0 Å². The molecule has 2 fully saturated rings. The Morgan fingerprint density at radius 3 is 2.52 bits per heavy atom. The number of carbonyl (C=O) groups is 1. The van der Waals surface area contributed by atoms with Gasteiger partial charge in [0.25, 0.3) is 6.01 Å². The van der Waals surface area contributed by atoms with Gasteiger partial charge >= 0.3 is 0 Å². The van der Waals surface area contributed by atoms with Crippen LogP contribution in [-0.2, 0) is 4.79 Å². The molecule has 1 aromatic heterocycles. The first-order valence-electron chi connectivity index (χ1n) is 11.7. The molecule has 2 saturated heterocycles. The molecule has 0 saturated carbocycles. The normalized spacial score (nSPS) is 21.0. The summed E-state index contributed by atoms with van der Waals surface area (Å²) >= 11 is 0. The van der Waals surface area contributed by atoms with Crippen molar-refractivity contribution in [3.05, 3.63) is 60.2 Å². The van der Waals surface area contributed by atoms with Gasteiger partial charge in [-0.25, -0.2) is 0 Å². The molecule has 0 radical (unpaired) electrons. The lowest BCUT2D eigenvalue weighted by molar-refractivity contribution is -0.137. The van der Waals surface area contributed by atoms with Gasteiger partial charge in [0.2, 0.25) is 5.91 Å². The molecular weight excluding hydrogens is 386 g/mol. The number of anilines is 1. The first-order valence-corrected chi connectivity index (χ1v) is 11.7. The van der Waals surface area contributed by atoms with Crippen molar-refractivity contribution in [1.29, 1.82) is 0 Å². The first-order chi connectivity index (χ1) is 15.2. The third kappa shape index (κ3) is 3.93. The van der Waals surface area contributed by atoms with Gasteiger partial charge in [0, 0.05) is 37.5 Å². The van der Waals surface area contributed by atoms with Gasteiger partial charge in [-0.3, -0.25) is 4.79 Å². The maximum atomic E-state index is 13.5. The lowest BCUT2D eigenvalue weighted by Crippen LogP contribution is -2.46. The van der Waals surface area contributed by atoms with Crippen LogP contribution in [0.3, 0.4) is 0 Å². The van der Waals surface area contributed by atoms with E-state index in [9.17, 15) is 4.79 Å². The minimum absolute atomic E-state index is 0.106. The second-order valence-electron chi connectivity index (χ2n) is 8.89. The highest BCUT2D eigenvalue weighted by Gasteiger charge is 2.38. The number of rotatable bonds is 5. The summed E-state index contributed by atoms with van der Waals surface area (Å²) in [6.07, 6.45) is 5.02. The Balaban J connectivity index is 1.25. The fourth-order valence-electron chi connectivity index (χ4n) is 5.46. The molecule has 3 heterocycles. The highest BCUT2D eigenvalue weighted by atomic mass is 16.4. The van der Waals surface area contributed by atoms with E-state index in [0.29, 0.717) is 23.9 Å². The summed E-state index contributed by atoms with van der Waals surface area (Å²) in [7, 11) is 0. The van der Waals surface area contributed by atoms with Crippen LogP contribution >= 0.6 is 0 Å². The van der Waals surface area contributed by atoms with Gasteiger partial charge in [0.1, 0.15) is 5.52 Å². The van der Waals surface area contributed by atoms with Gasteiger partial charge in [-0.1, -0.05) is 49.4 Å². The Morgan fingerprint density at radius 2 is 1.77 bits per heavy atom. The van der Waals surface area contributed by atoms with Crippen molar-refractivity contribution in [2.24, 2.45) is 5.92 Å². The molecule has 0 N–H and O–H groups in total. The number of piperidine rings is 1. The molecule has 0 aliphatic carbocycles. The molecule has 162 valence electrons. The number of nitrogens with zero attached hydrogens (tertiary/aromatic N) is 3. The van der Waals surface area contributed by atoms with Gasteiger partial charge in [0.05, 0.1) is 0 Å². The third-order valence-corrected chi connectivity index (χ3v) is 7.11. The van der Waals surface area contributed by atoms with Crippen molar-refractivity contribution in [3.8, 4) is 0 Å². The fraction of sp³-hybridized carbons (Fsp3) is 0.462. The summed E-state index contributed by atoms with van der Waals surface area (Å²) in [5, 5.41) is 0. The molecule has 31 heavy (non-hydrogen) atoms. The summed E-state index contributed by atoms with van der Waals surface area (Å²) in [5.74, 6) is 0.885. The van der Waals surface area contributed by atoms with E-state index in [-0.39, 0.29) is 5.92 Å². The maximum Gasteiger partial charge on any atom is 0.298 e. The predicted molar refractivity (Wildman–Crippen MR) is 123 cm³/mol. The Labute approximate surface area is 184 Å². The molecule has 3 aromatic rings. The van der Waals surface area contributed by atoms with Crippen molar-refractivity contribution in [2.75, 3.05) is 24.5 Å². The average molecular weight is 418 g/mol. The van der Waals surface area contributed by atoms with Crippen LogP contribution in [0.25, 0.3) is 11.1 Å². The Hall–Kier alpha value is -2.82. The molecule has 5 rings (SSSR count). The number of para-hydroxylation sites is 2. The SMILES string of the molecule is CC[C@@H](c1ccccc1)[C@H]1CCCN1C(=O)C1CCN(c2nc3ccccc3o2)CC1. The number of aromatic nitrogens is 1.